The van der Waals surface area contributed by atoms with Crippen molar-refractivity contribution in [2.45, 2.75) is 32.2 Å². The van der Waals surface area contributed by atoms with Gasteiger partial charge in [-0.2, -0.15) is 0 Å². The van der Waals surface area contributed by atoms with Crippen molar-refractivity contribution in [3.8, 4) is 0 Å². The van der Waals surface area contributed by atoms with Crippen molar-refractivity contribution in [3.05, 3.63) is 54.4 Å². The van der Waals surface area contributed by atoms with Gasteiger partial charge in [0.15, 0.2) is 0 Å². The summed E-state index contributed by atoms with van der Waals surface area (Å²) in [7, 11) is 0. The molecule has 4 rings (SSSR count). The number of piperidine rings is 2. The van der Waals surface area contributed by atoms with Crippen molar-refractivity contribution in [2.24, 2.45) is 5.41 Å². The summed E-state index contributed by atoms with van der Waals surface area (Å²) in [6.07, 6.45) is 13.2. The smallest absolute Gasteiger partial charge is 0.274 e. The zero-order valence-corrected chi connectivity index (χ0v) is 15.0. The minimum absolute atomic E-state index is 0.0157. The highest BCUT2D eigenvalue weighted by Gasteiger charge is 2.38. The number of pyridine rings is 1. The van der Waals surface area contributed by atoms with E-state index in [0.717, 1.165) is 45.6 Å². The molecule has 0 atom stereocenters. The number of carbonyl (C=O) groups is 1. The number of hydrogen-bond donors (Lipinski definition) is 0. The maximum absolute atomic E-state index is 12.5. The molecule has 2 aromatic rings. The minimum Gasteiger partial charge on any atom is -0.337 e. The van der Waals surface area contributed by atoms with Gasteiger partial charge in [0.05, 0.1) is 6.20 Å². The van der Waals surface area contributed by atoms with Crippen LogP contribution in [0.2, 0.25) is 0 Å². The molecule has 1 spiro atoms. The molecule has 2 aliphatic heterocycles. The Kier molecular flexibility index (Phi) is 4.93. The van der Waals surface area contributed by atoms with Crippen molar-refractivity contribution in [2.75, 3.05) is 26.2 Å². The third-order valence-electron chi connectivity index (χ3n) is 5.94. The number of aromatic nitrogens is 3. The molecule has 0 bridgehead atoms. The Balaban J connectivity index is 1.29. The van der Waals surface area contributed by atoms with Crippen LogP contribution in [0, 0.1) is 5.41 Å². The number of likely N-dealkylation sites (tertiary alicyclic amines) is 2. The Labute approximate surface area is 154 Å². The van der Waals surface area contributed by atoms with Crippen molar-refractivity contribution < 1.29 is 4.79 Å². The molecule has 2 saturated heterocycles. The summed E-state index contributed by atoms with van der Waals surface area (Å²) in [5, 5.41) is 0. The lowest BCUT2D eigenvalue weighted by atomic mass is 9.71. The fourth-order valence-electron chi connectivity index (χ4n) is 4.19. The van der Waals surface area contributed by atoms with E-state index in [1.54, 1.807) is 18.6 Å². The fourth-order valence-corrected chi connectivity index (χ4v) is 4.19. The van der Waals surface area contributed by atoms with Gasteiger partial charge in [0, 0.05) is 44.4 Å². The number of amides is 1. The van der Waals surface area contributed by atoms with E-state index in [0.29, 0.717) is 11.1 Å². The summed E-state index contributed by atoms with van der Waals surface area (Å²) in [5.41, 5.74) is 2.15. The zero-order chi connectivity index (χ0) is 17.8. The van der Waals surface area contributed by atoms with Gasteiger partial charge in [0.2, 0.25) is 0 Å². The largest absolute Gasteiger partial charge is 0.337 e. The van der Waals surface area contributed by atoms with Gasteiger partial charge in [0.25, 0.3) is 5.91 Å². The summed E-state index contributed by atoms with van der Waals surface area (Å²) >= 11 is 0. The van der Waals surface area contributed by atoms with Gasteiger partial charge >= 0.3 is 0 Å². The topological polar surface area (TPSA) is 62.2 Å². The second-order valence-electron chi connectivity index (χ2n) is 7.52. The molecule has 2 aliphatic rings. The third-order valence-corrected chi connectivity index (χ3v) is 5.94. The van der Waals surface area contributed by atoms with Gasteiger partial charge in [-0.25, -0.2) is 4.98 Å². The van der Waals surface area contributed by atoms with E-state index in [-0.39, 0.29) is 5.91 Å². The fraction of sp³-hybridized carbons (Fsp3) is 0.500. The first-order valence-electron chi connectivity index (χ1n) is 9.41. The lowest BCUT2D eigenvalue weighted by Crippen LogP contribution is -2.48. The highest BCUT2D eigenvalue weighted by atomic mass is 16.2. The van der Waals surface area contributed by atoms with Gasteiger partial charge in [-0.3, -0.25) is 19.7 Å². The van der Waals surface area contributed by atoms with E-state index < -0.39 is 0 Å². The van der Waals surface area contributed by atoms with Crippen LogP contribution >= 0.6 is 0 Å². The highest BCUT2D eigenvalue weighted by molar-refractivity contribution is 5.92. The van der Waals surface area contributed by atoms with Crippen LogP contribution in [0.5, 0.6) is 0 Å². The molecule has 136 valence electrons. The quantitative estimate of drug-likeness (QED) is 0.850. The number of nitrogens with zero attached hydrogens (tertiary/aromatic N) is 5. The molecule has 0 unspecified atom stereocenters. The Hall–Kier alpha value is -2.34. The second kappa shape index (κ2) is 7.50. The predicted molar refractivity (Wildman–Crippen MR) is 98.4 cm³/mol. The summed E-state index contributed by atoms with van der Waals surface area (Å²) in [6.45, 7) is 4.91. The molecule has 4 heterocycles. The van der Waals surface area contributed by atoms with Crippen LogP contribution < -0.4 is 0 Å². The SMILES string of the molecule is O=C(c1cnccn1)N1CCC2(CCN(Cc3cccnc3)CC2)CC1. The first-order valence-corrected chi connectivity index (χ1v) is 9.41. The molecule has 0 aliphatic carbocycles. The van der Waals surface area contributed by atoms with Crippen LogP contribution in [-0.2, 0) is 6.54 Å². The van der Waals surface area contributed by atoms with Gasteiger partial charge in [-0.1, -0.05) is 6.07 Å². The molecule has 2 aromatic heterocycles. The Morgan fingerprint density at radius 2 is 1.69 bits per heavy atom. The first kappa shape index (κ1) is 17.1. The molecular formula is C20H25N5O. The van der Waals surface area contributed by atoms with Crippen LogP contribution in [0.3, 0.4) is 0 Å². The molecule has 1 amide bonds. The van der Waals surface area contributed by atoms with E-state index in [4.69, 9.17) is 0 Å². The van der Waals surface area contributed by atoms with Gasteiger partial charge in [-0.15, -0.1) is 0 Å². The van der Waals surface area contributed by atoms with E-state index in [2.05, 4.69) is 25.9 Å². The minimum atomic E-state index is 0.0157. The van der Waals surface area contributed by atoms with Crippen LogP contribution in [-0.4, -0.2) is 56.8 Å². The van der Waals surface area contributed by atoms with E-state index >= 15 is 0 Å². The van der Waals surface area contributed by atoms with Crippen molar-refractivity contribution in [1.29, 1.82) is 0 Å². The van der Waals surface area contributed by atoms with Crippen LogP contribution in [0.25, 0.3) is 0 Å². The maximum Gasteiger partial charge on any atom is 0.274 e. The molecule has 26 heavy (non-hydrogen) atoms. The number of rotatable bonds is 3. The molecular weight excluding hydrogens is 326 g/mol. The molecule has 6 nitrogen and oxygen atoms in total. The number of carbonyl (C=O) groups excluding carboxylic acids is 1. The van der Waals surface area contributed by atoms with E-state index in [1.165, 1.54) is 18.4 Å². The average molecular weight is 351 g/mol. The molecule has 0 aromatic carbocycles. The van der Waals surface area contributed by atoms with E-state index in [9.17, 15) is 4.79 Å². The molecule has 0 N–H and O–H groups in total. The monoisotopic (exact) mass is 351 g/mol. The molecule has 6 heteroatoms. The Bertz CT molecular complexity index is 718. The normalized spacial score (nSPS) is 20.2. The second-order valence-corrected chi connectivity index (χ2v) is 7.52. The molecule has 2 fully saturated rings. The Morgan fingerprint density at radius 1 is 0.962 bits per heavy atom. The van der Waals surface area contributed by atoms with Crippen LogP contribution in [0.15, 0.2) is 43.1 Å². The van der Waals surface area contributed by atoms with Crippen molar-refractivity contribution >= 4 is 5.91 Å². The van der Waals surface area contributed by atoms with Crippen molar-refractivity contribution in [1.82, 2.24) is 24.8 Å². The van der Waals surface area contributed by atoms with Crippen molar-refractivity contribution in [3.63, 3.8) is 0 Å². The summed E-state index contributed by atoms with van der Waals surface area (Å²) in [6, 6.07) is 4.15. The maximum atomic E-state index is 12.5. The molecule has 0 radical (unpaired) electrons. The standard InChI is InChI=1S/C20H25N5O/c26-19(18-15-22-8-9-23-18)25-12-5-20(6-13-25)3-10-24(11-4-20)16-17-2-1-7-21-14-17/h1-2,7-9,14-15H,3-6,10-13,16H2. The Morgan fingerprint density at radius 3 is 2.35 bits per heavy atom. The van der Waals surface area contributed by atoms with E-state index in [1.807, 2.05) is 23.4 Å². The zero-order valence-electron chi connectivity index (χ0n) is 15.0. The molecule has 0 saturated carbocycles. The lowest BCUT2D eigenvalue weighted by Gasteiger charge is -2.46. The summed E-state index contributed by atoms with van der Waals surface area (Å²) in [4.78, 5) is 29.4. The predicted octanol–water partition coefficient (Wildman–Crippen LogP) is 2.39. The summed E-state index contributed by atoms with van der Waals surface area (Å²) < 4.78 is 0. The average Bonchev–Trinajstić information content (AvgIpc) is 2.71. The first-order chi connectivity index (χ1) is 12.7. The number of hydrogen-bond acceptors (Lipinski definition) is 5. The van der Waals surface area contributed by atoms with Crippen LogP contribution in [0.4, 0.5) is 0 Å². The lowest BCUT2D eigenvalue weighted by molar-refractivity contribution is 0.0282. The summed E-state index contributed by atoms with van der Waals surface area (Å²) in [5.74, 6) is 0.0157. The van der Waals surface area contributed by atoms with Crippen LogP contribution in [0.1, 0.15) is 41.7 Å². The highest BCUT2D eigenvalue weighted by Crippen LogP contribution is 2.41. The third kappa shape index (κ3) is 3.75. The van der Waals surface area contributed by atoms with Gasteiger partial charge < -0.3 is 4.90 Å². The van der Waals surface area contributed by atoms with Gasteiger partial charge in [0.1, 0.15) is 5.69 Å². The van der Waals surface area contributed by atoms with Gasteiger partial charge in [-0.05, 0) is 55.8 Å².